The first-order chi connectivity index (χ1) is 6.72. The largest absolute Gasteiger partial charge is 0.508 e. The van der Waals surface area contributed by atoms with Crippen molar-refractivity contribution in [1.29, 1.82) is 0 Å². The summed E-state index contributed by atoms with van der Waals surface area (Å²) in [6, 6.07) is 5.31. The van der Waals surface area contributed by atoms with E-state index >= 15 is 0 Å². The van der Waals surface area contributed by atoms with Crippen LogP contribution in [-0.2, 0) is 0 Å². The number of phenols is 1. The van der Waals surface area contributed by atoms with E-state index in [1.807, 2.05) is 13.0 Å². The molecule has 1 N–H and O–H groups in total. The van der Waals surface area contributed by atoms with Crippen molar-refractivity contribution in [3.8, 4) is 11.5 Å². The Morgan fingerprint density at radius 1 is 1.21 bits per heavy atom. The summed E-state index contributed by atoms with van der Waals surface area (Å²) >= 11 is 0. The summed E-state index contributed by atoms with van der Waals surface area (Å²) < 4.78 is 5.51. The van der Waals surface area contributed by atoms with Gasteiger partial charge in [-0.25, -0.2) is 0 Å². The van der Waals surface area contributed by atoms with Gasteiger partial charge in [-0.2, -0.15) is 0 Å². The molecule has 0 heterocycles. The van der Waals surface area contributed by atoms with Crippen molar-refractivity contribution in [2.75, 3.05) is 6.61 Å². The molecular weight excluding hydrogens is 176 g/mol. The molecule has 0 aromatic heterocycles. The molecule has 0 amide bonds. The average molecular weight is 194 g/mol. The molecule has 0 unspecified atom stereocenters. The van der Waals surface area contributed by atoms with Crippen LogP contribution in [0.3, 0.4) is 0 Å². The highest BCUT2D eigenvalue weighted by Gasteiger charge is 1.97. The van der Waals surface area contributed by atoms with Gasteiger partial charge in [0.1, 0.15) is 11.5 Å². The third kappa shape index (κ3) is 3.69. The maximum absolute atomic E-state index is 9.32. The van der Waals surface area contributed by atoms with Crippen LogP contribution in [0.1, 0.15) is 31.7 Å². The molecule has 1 aromatic carbocycles. The van der Waals surface area contributed by atoms with Gasteiger partial charge in [0, 0.05) is 6.07 Å². The quantitative estimate of drug-likeness (QED) is 0.729. The van der Waals surface area contributed by atoms with Gasteiger partial charge < -0.3 is 9.84 Å². The smallest absolute Gasteiger partial charge is 0.123 e. The van der Waals surface area contributed by atoms with Crippen LogP contribution in [0.2, 0.25) is 0 Å². The van der Waals surface area contributed by atoms with Crippen LogP contribution in [0.4, 0.5) is 0 Å². The third-order valence-corrected chi connectivity index (χ3v) is 2.05. The minimum absolute atomic E-state index is 0.274. The van der Waals surface area contributed by atoms with Crippen LogP contribution in [0.5, 0.6) is 11.5 Å². The van der Waals surface area contributed by atoms with E-state index in [0.29, 0.717) is 0 Å². The van der Waals surface area contributed by atoms with E-state index in [4.69, 9.17) is 4.74 Å². The average Bonchev–Trinajstić information content (AvgIpc) is 2.11. The van der Waals surface area contributed by atoms with Gasteiger partial charge in [0.25, 0.3) is 0 Å². The fourth-order valence-electron chi connectivity index (χ4n) is 1.35. The molecule has 0 aliphatic heterocycles. The summed E-state index contributed by atoms with van der Waals surface area (Å²) in [4.78, 5) is 0. The highest BCUT2D eigenvalue weighted by atomic mass is 16.5. The van der Waals surface area contributed by atoms with E-state index in [0.717, 1.165) is 24.3 Å². The number of aromatic hydroxyl groups is 1. The lowest BCUT2D eigenvalue weighted by atomic mass is 10.2. The van der Waals surface area contributed by atoms with Crippen molar-refractivity contribution in [2.24, 2.45) is 0 Å². The van der Waals surface area contributed by atoms with Gasteiger partial charge in [-0.15, -0.1) is 0 Å². The molecule has 78 valence electrons. The molecule has 0 atom stereocenters. The van der Waals surface area contributed by atoms with Gasteiger partial charge in [-0.05, 0) is 31.0 Å². The molecular formula is C12H18O2. The summed E-state index contributed by atoms with van der Waals surface area (Å²) in [5.41, 5.74) is 1.02. The molecule has 0 spiro atoms. The van der Waals surface area contributed by atoms with Gasteiger partial charge in [-0.3, -0.25) is 0 Å². The number of rotatable bonds is 5. The molecule has 0 saturated heterocycles. The Morgan fingerprint density at radius 3 is 2.64 bits per heavy atom. The lowest BCUT2D eigenvalue weighted by Crippen LogP contribution is -1.96. The molecule has 0 saturated carbocycles. The van der Waals surface area contributed by atoms with Crippen LogP contribution < -0.4 is 4.74 Å². The van der Waals surface area contributed by atoms with Crippen molar-refractivity contribution in [3.05, 3.63) is 23.8 Å². The van der Waals surface area contributed by atoms with Crippen molar-refractivity contribution in [2.45, 2.75) is 33.1 Å². The van der Waals surface area contributed by atoms with E-state index in [1.165, 1.54) is 12.8 Å². The van der Waals surface area contributed by atoms with E-state index < -0.39 is 0 Å². The van der Waals surface area contributed by atoms with Crippen molar-refractivity contribution in [1.82, 2.24) is 0 Å². The monoisotopic (exact) mass is 194 g/mol. The maximum atomic E-state index is 9.32. The lowest BCUT2D eigenvalue weighted by molar-refractivity contribution is 0.304. The summed E-state index contributed by atoms with van der Waals surface area (Å²) in [7, 11) is 0. The predicted octanol–water partition coefficient (Wildman–Crippen LogP) is 3.27. The molecule has 14 heavy (non-hydrogen) atoms. The number of hydrogen-bond donors (Lipinski definition) is 1. The van der Waals surface area contributed by atoms with Crippen LogP contribution in [0, 0.1) is 6.92 Å². The normalized spacial score (nSPS) is 10.1. The fourth-order valence-corrected chi connectivity index (χ4v) is 1.35. The molecule has 0 bridgehead atoms. The van der Waals surface area contributed by atoms with E-state index in [2.05, 4.69) is 6.92 Å². The molecule has 1 aromatic rings. The zero-order valence-corrected chi connectivity index (χ0v) is 8.92. The Labute approximate surface area is 85.5 Å². The van der Waals surface area contributed by atoms with E-state index in [9.17, 15) is 5.11 Å². The number of ether oxygens (including phenoxy) is 1. The van der Waals surface area contributed by atoms with Crippen LogP contribution in [-0.4, -0.2) is 11.7 Å². The first-order valence-electron chi connectivity index (χ1n) is 5.16. The van der Waals surface area contributed by atoms with E-state index in [1.54, 1.807) is 12.1 Å². The predicted molar refractivity (Wildman–Crippen MR) is 57.9 cm³/mol. The third-order valence-electron chi connectivity index (χ3n) is 2.05. The van der Waals surface area contributed by atoms with Crippen LogP contribution in [0.25, 0.3) is 0 Å². The van der Waals surface area contributed by atoms with Gasteiger partial charge in [0.05, 0.1) is 6.61 Å². The zero-order chi connectivity index (χ0) is 10.4. The summed E-state index contributed by atoms with van der Waals surface area (Å²) in [6.07, 6.45) is 3.46. The van der Waals surface area contributed by atoms with Crippen LogP contribution >= 0.6 is 0 Å². The van der Waals surface area contributed by atoms with Gasteiger partial charge in [0.15, 0.2) is 0 Å². The first kappa shape index (κ1) is 10.9. The second-order valence-corrected chi connectivity index (χ2v) is 3.56. The Morgan fingerprint density at radius 2 is 2.00 bits per heavy atom. The zero-order valence-electron chi connectivity index (χ0n) is 8.92. The molecule has 0 radical (unpaired) electrons. The van der Waals surface area contributed by atoms with Crippen molar-refractivity contribution in [3.63, 3.8) is 0 Å². The Hall–Kier alpha value is -1.18. The highest BCUT2D eigenvalue weighted by Crippen LogP contribution is 2.21. The van der Waals surface area contributed by atoms with Crippen molar-refractivity contribution >= 4 is 0 Å². The molecule has 0 aliphatic carbocycles. The number of phenolic OH excluding ortho intramolecular Hbond substituents is 1. The number of aryl methyl sites for hydroxylation is 1. The number of benzene rings is 1. The minimum atomic E-state index is 0.274. The number of unbranched alkanes of at least 4 members (excludes halogenated alkanes) is 2. The van der Waals surface area contributed by atoms with E-state index in [-0.39, 0.29) is 5.75 Å². The second kappa shape index (κ2) is 5.53. The summed E-state index contributed by atoms with van der Waals surface area (Å²) in [5, 5.41) is 9.32. The Bertz CT molecular complexity index is 261. The van der Waals surface area contributed by atoms with Gasteiger partial charge >= 0.3 is 0 Å². The second-order valence-electron chi connectivity index (χ2n) is 3.56. The lowest BCUT2D eigenvalue weighted by Gasteiger charge is -2.06. The van der Waals surface area contributed by atoms with Gasteiger partial charge in [0.2, 0.25) is 0 Å². The fraction of sp³-hybridized carbons (Fsp3) is 0.500. The Kier molecular flexibility index (Phi) is 4.30. The molecule has 2 nitrogen and oxygen atoms in total. The summed E-state index contributed by atoms with van der Waals surface area (Å²) in [6.45, 7) is 4.84. The van der Waals surface area contributed by atoms with Crippen LogP contribution in [0.15, 0.2) is 18.2 Å². The molecule has 0 fully saturated rings. The Balaban J connectivity index is 2.42. The molecule has 1 rings (SSSR count). The molecule has 2 heteroatoms. The highest BCUT2D eigenvalue weighted by molar-refractivity contribution is 5.36. The molecule has 0 aliphatic rings. The SMILES string of the molecule is CCCCCOc1cc(C)cc(O)c1. The standard InChI is InChI=1S/C12H18O2/c1-3-4-5-6-14-12-8-10(2)7-11(13)9-12/h7-9,13H,3-6H2,1-2H3. The summed E-state index contributed by atoms with van der Waals surface area (Å²) in [5.74, 6) is 1.04. The minimum Gasteiger partial charge on any atom is -0.508 e. The first-order valence-corrected chi connectivity index (χ1v) is 5.16. The topological polar surface area (TPSA) is 29.5 Å². The van der Waals surface area contributed by atoms with Crippen molar-refractivity contribution < 1.29 is 9.84 Å². The maximum Gasteiger partial charge on any atom is 0.123 e. The van der Waals surface area contributed by atoms with Gasteiger partial charge in [-0.1, -0.05) is 19.8 Å². The number of hydrogen-bond acceptors (Lipinski definition) is 2.